The molecule has 0 spiro atoms. The van der Waals surface area contributed by atoms with Gasteiger partial charge in [-0.05, 0) is 24.7 Å². The van der Waals surface area contributed by atoms with Crippen LogP contribution >= 0.6 is 24.8 Å². The number of amides is 1. The Labute approximate surface area is 167 Å². The molecule has 1 saturated heterocycles. The normalized spacial score (nSPS) is 23.2. The van der Waals surface area contributed by atoms with Crippen LogP contribution in [0.5, 0.6) is 0 Å². The van der Waals surface area contributed by atoms with Gasteiger partial charge in [-0.3, -0.25) is 9.69 Å². The Hall–Kier alpha value is -0.870. The van der Waals surface area contributed by atoms with Gasteiger partial charge >= 0.3 is 0 Å². The summed E-state index contributed by atoms with van der Waals surface area (Å²) < 4.78 is 26.5. The number of imidazole rings is 1. The van der Waals surface area contributed by atoms with Gasteiger partial charge in [0.1, 0.15) is 0 Å². The Morgan fingerprint density at radius 2 is 2.00 bits per heavy atom. The van der Waals surface area contributed by atoms with Gasteiger partial charge in [0.05, 0.1) is 24.8 Å². The molecule has 0 aromatic carbocycles. The van der Waals surface area contributed by atoms with E-state index in [-0.39, 0.29) is 43.3 Å². The Morgan fingerprint density at radius 3 is 2.54 bits per heavy atom. The lowest BCUT2D eigenvalue weighted by Crippen LogP contribution is -2.45. The molecule has 0 bridgehead atoms. The number of hydrogen-bond donors (Lipinski definition) is 2. The number of sulfonamides is 1. The molecule has 1 aromatic heterocycles. The van der Waals surface area contributed by atoms with Gasteiger partial charge in [-0.15, -0.1) is 24.8 Å². The number of nitrogens with one attached hydrogen (secondary N) is 2. The van der Waals surface area contributed by atoms with Crippen molar-refractivity contribution in [1.29, 1.82) is 0 Å². The molecule has 1 saturated carbocycles. The van der Waals surface area contributed by atoms with Gasteiger partial charge in [-0.2, -0.15) is 0 Å². The van der Waals surface area contributed by atoms with Gasteiger partial charge in [-0.25, -0.2) is 18.1 Å². The largest absolute Gasteiger partial charge is 0.351 e. The zero-order valence-electron chi connectivity index (χ0n) is 14.9. The van der Waals surface area contributed by atoms with Crippen molar-refractivity contribution < 1.29 is 13.2 Å². The van der Waals surface area contributed by atoms with E-state index >= 15 is 0 Å². The van der Waals surface area contributed by atoms with Crippen LogP contribution in [0.25, 0.3) is 0 Å². The zero-order valence-corrected chi connectivity index (χ0v) is 17.4. The first-order valence-corrected chi connectivity index (χ1v) is 10.1. The maximum Gasteiger partial charge on any atom is 0.235 e. The average molecular weight is 428 g/mol. The first-order chi connectivity index (χ1) is 11.3. The molecule has 8 nitrogen and oxygen atoms in total. The Balaban J connectivity index is 0.00000169. The molecule has 2 heterocycles. The van der Waals surface area contributed by atoms with Crippen molar-refractivity contribution in [1.82, 2.24) is 24.5 Å². The Morgan fingerprint density at radius 1 is 1.31 bits per heavy atom. The van der Waals surface area contributed by atoms with Gasteiger partial charge in [-0.1, -0.05) is 0 Å². The fraction of sp³-hybridized carbons (Fsp3) is 0.733. The summed E-state index contributed by atoms with van der Waals surface area (Å²) >= 11 is 0. The van der Waals surface area contributed by atoms with E-state index in [0.717, 1.165) is 31.6 Å². The summed E-state index contributed by atoms with van der Waals surface area (Å²) in [6, 6.07) is 0.0830. The van der Waals surface area contributed by atoms with Gasteiger partial charge in [0, 0.05) is 38.9 Å². The Kier molecular flexibility index (Phi) is 8.34. The molecule has 0 unspecified atom stereocenters. The molecule has 1 amide bonds. The minimum atomic E-state index is -3.35. The van der Waals surface area contributed by atoms with Crippen LogP contribution in [0.15, 0.2) is 12.5 Å². The second-order valence-corrected chi connectivity index (χ2v) is 8.79. The molecule has 1 aromatic rings. The fourth-order valence-electron chi connectivity index (χ4n) is 3.42. The molecule has 2 fully saturated rings. The molecule has 11 heteroatoms. The van der Waals surface area contributed by atoms with Gasteiger partial charge in [0.15, 0.2) is 0 Å². The third kappa shape index (κ3) is 6.38. The minimum Gasteiger partial charge on any atom is -0.351 e. The van der Waals surface area contributed by atoms with E-state index in [1.807, 2.05) is 17.8 Å². The molecule has 26 heavy (non-hydrogen) atoms. The number of hydrogen-bond acceptors (Lipinski definition) is 5. The monoisotopic (exact) mass is 427 g/mol. The average Bonchev–Trinajstić information content (AvgIpc) is 3.15. The number of carbonyl (C=O) groups is 1. The van der Waals surface area contributed by atoms with Crippen molar-refractivity contribution >= 4 is 40.7 Å². The highest BCUT2D eigenvalue weighted by Gasteiger charge is 2.43. The van der Waals surface area contributed by atoms with Crippen LogP contribution < -0.4 is 10.0 Å². The SMILES string of the molecule is Cl.Cl.Cn1cncc1CN1C[C@H](NC(=O)CNS(C)(=O)=O)[C@@H](C2CC2)C1. The topological polar surface area (TPSA) is 96.3 Å². The van der Waals surface area contributed by atoms with Crippen molar-refractivity contribution in [3.63, 3.8) is 0 Å². The van der Waals surface area contributed by atoms with Crippen molar-refractivity contribution in [3.8, 4) is 0 Å². The first-order valence-electron chi connectivity index (χ1n) is 8.23. The van der Waals surface area contributed by atoms with Crippen molar-refractivity contribution in [2.45, 2.75) is 25.4 Å². The van der Waals surface area contributed by atoms with E-state index in [2.05, 4.69) is 19.9 Å². The summed E-state index contributed by atoms with van der Waals surface area (Å²) in [5.41, 5.74) is 1.15. The highest BCUT2D eigenvalue weighted by molar-refractivity contribution is 7.88. The number of nitrogens with zero attached hydrogens (tertiary/aromatic N) is 3. The van der Waals surface area contributed by atoms with E-state index in [4.69, 9.17) is 0 Å². The quantitative estimate of drug-likeness (QED) is 0.644. The fourth-order valence-corrected chi connectivity index (χ4v) is 3.81. The summed E-state index contributed by atoms with van der Waals surface area (Å²) in [6.07, 6.45) is 7.16. The highest BCUT2D eigenvalue weighted by Crippen LogP contribution is 2.41. The smallest absolute Gasteiger partial charge is 0.235 e. The zero-order chi connectivity index (χ0) is 17.3. The van der Waals surface area contributed by atoms with Crippen LogP contribution in [0, 0.1) is 11.8 Å². The molecule has 0 radical (unpaired) electrons. The summed E-state index contributed by atoms with van der Waals surface area (Å²) in [6.45, 7) is 2.36. The van der Waals surface area contributed by atoms with Gasteiger partial charge in [0.25, 0.3) is 0 Å². The van der Waals surface area contributed by atoms with E-state index in [1.165, 1.54) is 12.8 Å². The van der Waals surface area contributed by atoms with E-state index in [1.54, 1.807) is 6.33 Å². The van der Waals surface area contributed by atoms with Crippen LogP contribution in [0.3, 0.4) is 0 Å². The van der Waals surface area contributed by atoms with Crippen LogP contribution in [0.4, 0.5) is 0 Å². The van der Waals surface area contributed by atoms with Crippen LogP contribution in [0.1, 0.15) is 18.5 Å². The third-order valence-electron chi connectivity index (χ3n) is 4.81. The van der Waals surface area contributed by atoms with Crippen molar-refractivity contribution in [2.24, 2.45) is 18.9 Å². The second kappa shape index (κ2) is 9.36. The number of carbonyl (C=O) groups excluding carboxylic acids is 1. The van der Waals surface area contributed by atoms with E-state index < -0.39 is 10.0 Å². The van der Waals surface area contributed by atoms with Crippen molar-refractivity contribution in [3.05, 3.63) is 18.2 Å². The highest BCUT2D eigenvalue weighted by atomic mass is 35.5. The lowest BCUT2D eigenvalue weighted by molar-refractivity contribution is -0.120. The minimum absolute atomic E-state index is 0. The van der Waals surface area contributed by atoms with Crippen LogP contribution in [0.2, 0.25) is 0 Å². The molecule has 2 N–H and O–H groups in total. The maximum atomic E-state index is 12.0. The lowest BCUT2D eigenvalue weighted by atomic mass is 9.98. The first kappa shape index (κ1) is 23.2. The standard InChI is InChI=1S/C15H25N5O3S.2ClH/c1-19-10-16-5-12(19)7-20-8-13(11-3-4-11)14(9-20)18-15(21)6-17-24(2,22)23;;/h5,10-11,13-14,17H,3-4,6-9H2,1-2H3,(H,18,21);2*1H/t13-,14+;;/m1../s1. The van der Waals surface area contributed by atoms with Crippen molar-refractivity contribution in [2.75, 3.05) is 25.9 Å². The molecule has 2 aliphatic rings. The summed E-state index contributed by atoms with van der Waals surface area (Å²) in [5.74, 6) is 0.855. The molecule has 1 aliphatic carbocycles. The molecular formula is C15H27Cl2N5O3S. The second-order valence-electron chi connectivity index (χ2n) is 6.96. The number of halogens is 2. The predicted molar refractivity (Wildman–Crippen MR) is 104 cm³/mol. The lowest BCUT2D eigenvalue weighted by Gasteiger charge is -2.19. The molecule has 3 rings (SSSR count). The summed E-state index contributed by atoms with van der Waals surface area (Å²) in [5, 5.41) is 3.02. The molecule has 1 aliphatic heterocycles. The number of likely N-dealkylation sites (tertiary alicyclic amines) is 1. The van der Waals surface area contributed by atoms with Gasteiger partial charge < -0.3 is 9.88 Å². The van der Waals surface area contributed by atoms with Gasteiger partial charge in [0.2, 0.25) is 15.9 Å². The number of rotatable bonds is 7. The predicted octanol–water partition coefficient (Wildman–Crippen LogP) is 0.140. The Bertz CT molecular complexity index is 708. The third-order valence-corrected chi connectivity index (χ3v) is 5.48. The van der Waals surface area contributed by atoms with Crippen LogP contribution in [-0.2, 0) is 28.4 Å². The van der Waals surface area contributed by atoms with Crippen LogP contribution in [-0.4, -0.2) is 60.7 Å². The molecule has 150 valence electrons. The van der Waals surface area contributed by atoms with E-state index in [0.29, 0.717) is 11.8 Å². The molecule has 2 atom stereocenters. The summed E-state index contributed by atoms with van der Waals surface area (Å²) in [7, 11) is -1.37. The molecular weight excluding hydrogens is 401 g/mol. The number of aryl methyl sites for hydroxylation is 1. The summed E-state index contributed by atoms with van der Waals surface area (Å²) in [4.78, 5) is 18.5. The number of aromatic nitrogens is 2. The maximum absolute atomic E-state index is 12.0. The van der Waals surface area contributed by atoms with E-state index in [9.17, 15) is 13.2 Å².